The Morgan fingerprint density at radius 1 is 1.13 bits per heavy atom. The van der Waals surface area contributed by atoms with Crippen molar-refractivity contribution in [3.63, 3.8) is 0 Å². The average molecular weight is 523 g/mol. The third kappa shape index (κ3) is 5.06. The molecular formula is C26H25F3N8O. The summed E-state index contributed by atoms with van der Waals surface area (Å²) >= 11 is 0. The first kappa shape index (κ1) is 25.3. The number of methoxy groups -OCH3 is 1. The topological polar surface area (TPSA) is 114 Å². The number of anilines is 1. The number of aryl methyl sites for hydroxylation is 1. The monoisotopic (exact) mass is 522 g/mol. The third-order valence-corrected chi connectivity index (χ3v) is 6.28. The molecule has 1 saturated carbocycles. The van der Waals surface area contributed by atoms with E-state index in [4.69, 9.17) is 10.1 Å². The molecule has 0 spiro atoms. The number of imidazole rings is 1. The molecule has 1 aliphatic rings. The maximum Gasteiger partial charge on any atom is 0.434 e. The number of rotatable bonds is 9. The molecule has 4 aromatic rings. The Hall–Kier alpha value is -4.35. The van der Waals surface area contributed by atoms with E-state index < -0.39 is 11.9 Å². The SMILES string of the molecule is CCn1cc(C(F)(F)F)nc1-c1ccc(CNc2nc(-c3c(OC)ncnc3C3CC3)ncc2C=N)cc1. The van der Waals surface area contributed by atoms with Crippen molar-refractivity contribution in [3.8, 4) is 28.7 Å². The zero-order valence-electron chi connectivity index (χ0n) is 20.8. The van der Waals surface area contributed by atoms with E-state index in [-0.39, 0.29) is 5.82 Å². The van der Waals surface area contributed by atoms with Crippen LogP contribution in [0.2, 0.25) is 0 Å². The van der Waals surface area contributed by atoms with Gasteiger partial charge in [0.15, 0.2) is 11.5 Å². The van der Waals surface area contributed by atoms with Crippen molar-refractivity contribution >= 4 is 12.0 Å². The van der Waals surface area contributed by atoms with E-state index in [2.05, 4.69) is 30.2 Å². The molecule has 1 aliphatic carbocycles. The van der Waals surface area contributed by atoms with Gasteiger partial charge in [-0.3, -0.25) is 0 Å². The van der Waals surface area contributed by atoms with Gasteiger partial charge < -0.3 is 20.0 Å². The Morgan fingerprint density at radius 2 is 1.89 bits per heavy atom. The van der Waals surface area contributed by atoms with Crippen LogP contribution in [-0.4, -0.2) is 42.8 Å². The van der Waals surface area contributed by atoms with Crippen LogP contribution in [0.5, 0.6) is 5.88 Å². The molecule has 0 unspecified atom stereocenters. The molecular weight excluding hydrogens is 497 g/mol. The molecule has 3 heterocycles. The molecule has 0 atom stereocenters. The minimum absolute atomic E-state index is 0.261. The van der Waals surface area contributed by atoms with Crippen LogP contribution in [0.25, 0.3) is 22.8 Å². The van der Waals surface area contributed by atoms with E-state index in [0.29, 0.717) is 53.2 Å². The molecule has 38 heavy (non-hydrogen) atoms. The van der Waals surface area contributed by atoms with Crippen LogP contribution in [0.1, 0.15) is 48.2 Å². The van der Waals surface area contributed by atoms with Gasteiger partial charge in [-0.15, -0.1) is 0 Å². The molecule has 0 bridgehead atoms. The van der Waals surface area contributed by atoms with E-state index in [1.165, 1.54) is 24.2 Å². The molecule has 12 heteroatoms. The van der Waals surface area contributed by atoms with Crippen LogP contribution in [0.3, 0.4) is 0 Å². The molecule has 3 aromatic heterocycles. The highest BCUT2D eigenvalue weighted by Gasteiger charge is 2.35. The Labute approximate surface area is 216 Å². The number of halogens is 3. The van der Waals surface area contributed by atoms with Crippen molar-refractivity contribution in [1.82, 2.24) is 29.5 Å². The highest BCUT2D eigenvalue weighted by molar-refractivity contribution is 5.84. The molecule has 5 rings (SSSR count). The summed E-state index contributed by atoms with van der Waals surface area (Å²) < 4.78 is 46.4. The van der Waals surface area contributed by atoms with E-state index in [1.54, 1.807) is 25.3 Å². The summed E-state index contributed by atoms with van der Waals surface area (Å²) in [6, 6.07) is 7.11. The van der Waals surface area contributed by atoms with Crippen molar-refractivity contribution in [2.24, 2.45) is 0 Å². The highest BCUT2D eigenvalue weighted by Crippen LogP contribution is 2.45. The van der Waals surface area contributed by atoms with Crippen LogP contribution in [0.4, 0.5) is 19.0 Å². The largest absolute Gasteiger partial charge is 0.480 e. The smallest absolute Gasteiger partial charge is 0.434 e. The van der Waals surface area contributed by atoms with Crippen LogP contribution in [0.15, 0.2) is 43.0 Å². The summed E-state index contributed by atoms with van der Waals surface area (Å²) in [5.74, 6) is 1.83. The lowest BCUT2D eigenvalue weighted by Gasteiger charge is -2.13. The first-order valence-electron chi connectivity index (χ1n) is 12.1. The van der Waals surface area contributed by atoms with Gasteiger partial charge in [-0.1, -0.05) is 24.3 Å². The second-order valence-electron chi connectivity index (χ2n) is 8.84. The zero-order valence-corrected chi connectivity index (χ0v) is 20.8. The van der Waals surface area contributed by atoms with Gasteiger partial charge in [0.1, 0.15) is 23.5 Å². The predicted octanol–water partition coefficient (Wildman–Crippen LogP) is 5.33. The van der Waals surface area contributed by atoms with Crippen molar-refractivity contribution in [1.29, 1.82) is 5.41 Å². The van der Waals surface area contributed by atoms with Crippen LogP contribution >= 0.6 is 0 Å². The fourth-order valence-electron chi connectivity index (χ4n) is 4.15. The van der Waals surface area contributed by atoms with Crippen molar-refractivity contribution in [3.05, 3.63) is 65.5 Å². The quantitative estimate of drug-likeness (QED) is 0.286. The van der Waals surface area contributed by atoms with Crippen LogP contribution in [0, 0.1) is 5.41 Å². The molecule has 1 fully saturated rings. The molecule has 0 saturated heterocycles. The number of nitrogens with zero attached hydrogens (tertiary/aromatic N) is 6. The fraction of sp³-hybridized carbons (Fsp3) is 0.308. The fourth-order valence-corrected chi connectivity index (χ4v) is 4.15. The molecule has 0 amide bonds. The lowest BCUT2D eigenvalue weighted by molar-refractivity contribution is -0.140. The Kier molecular flexibility index (Phi) is 6.79. The summed E-state index contributed by atoms with van der Waals surface area (Å²) in [5.41, 5.74) is 2.53. The molecule has 0 aliphatic heterocycles. The first-order valence-corrected chi connectivity index (χ1v) is 12.1. The Bertz CT molecular complexity index is 1460. The number of nitrogens with one attached hydrogen (secondary N) is 2. The number of aromatic nitrogens is 6. The second kappa shape index (κ2) is 10.2. The van der Waals surface area contributed by atoms with E-state index in [9.17, 15) is 13.2 Å². The predicted molar refractivity (Wildman–Crippen MR) is 135 cm³/mol. The van der Waals surface area contributed by atoms with Gasteiger partial charge in [0.25, 0.3) is 0 Å². The first-order chi connectivity index (χ1) is 18.3. The Morgan fingerprint density at radius 3 is 2.53 bits per heavy atom. The van der Waals surface area contributed by atoms with Gasteiger partial charge in [0, 0.05) is 43.2 Å². The minimum atomic E-state index is -4.50. The highest BCUT2D eigenvalue weighted by atomic mass is 19.4. The standard InChI is InChI=1S/C26H25F3N8O/c1-3-37-13-19(26(27,28)29)35-24(37)17-6-4-15(5-7-17)11-31-22-18(10-30)12-32-23(36-22)20-21(16-8-9-16)33-14-34-25(20)38-2/h4-7,10,12-14,16,30H,3,8-9,11H2,1-2H3,(H,31,32,36). The maximum absolute atomic E-state index is 13.1. The molecule has 9 nitrogen and oxygen atoms in total. The van der Waals surface area contributed by atoms with Gasteiger partial charge in [-0.2, -0.15) is 13.2 Å². The third-order valence-electron chi connectivity index (χ3n) is 6.28. The van der Waals surface area contributed by atoms with Crippen LogP contribution < -0.4 is 10.1 Å². The van der Waals surface area contributed by atoms with Crippen molar-refractivity contribution < 1.29 is 17.9 Å². The summed E-state index contributed by atoms with van der Waals surface area (Å²) in [4.78, 5) is 21.6. The number of hydrogen-bond acceptors (Lipinski definition) is 8. The lowest BCUT2D eigenvalue weighted by atomic mass is 10.1. The van der Waals surface area contributed by atoms with E-state index in [1.807, 2.05) is 12.1 Å². The number of ether oxygens (including phenoxy) is 1. The zero-order chi connectivity index (χ0) is 26.9. The average Bonchev–Trinajstić information content (AvgIpc) is 3.68. The van der Waals surface area contributed by atoms with Gasteiger partial charge in [-0.25, -0.2) is 24.9 Å². The number of benzene rings is 1. The summed E-state index contributed by atoms with van der Waals surface area (Å²) in [5, 5.41) is 11.0. The van der Waals surface area contributed by atoms with Crippen molar-refractivity contribution in [2.45, 2.75) is 44.9 Å². The molecule has 2 N–H and O–H groups in total. The number of hydrogen-bond donors (Lipinski definition) is 2. The van der Waals surface area contributed by atoms with Gasteiger partial charge in [-0.05, 0) is 25.3 Å². The summed E-state index contributed by atoms with van der Waals surface area (Å²) in [6.07, 6.45) is 2.79. The Balaban J connectivity index is 1.39. The van der Waals surface area contributed by atoms with Gasteiger partial charge >= 0.3 is 6.18 Å². The normalized spacial score (nSPS) is 13.4. The van der Waals surface area contributed by atoms with Crippen LogP contribution in [-0.2, 0) is 19.3 Å². The second-order valence-corrected chi connectivity index (χ2v) is 8.84. The molecule has 1 aromatic carbocycles. The van der Waals surface area contributed by atoms with Gasteiger partial charge in [0.05, 0.1) is 18.4 Å². The van der Waals surface area contributed by atoms with E-state index in [0.717, 1.165) is 30.3 Å². The molecule has 196 valence electrons. The number of alkyl halides is 3. The minimum Gasteiger partial charge on any atom is -0.480 e. The molecule has 0 radical (unpaired) electrons. The summed E-state index contributed by atoms with van der Waals surface area (Å²) in [7, 11) is 1.54. The van der Waals surface area contributed by atoms with Gasteiger partial charge in [0.2, 0.25) is 5.88 Å². The van der Waals surface area contributed by atoms with E-state index >= 15 is 0 Å². The summed E-state index contributed by atoms with van der Waals surface area (Å²) in [6.45, 7) is 2.50. The lowest BCUT2D eigenvalue weighted by Crippen LogP contribution is -2.08. The van der Waals surface area contributed by atoms with Crippen molar-refractivity contribution in [2.75, 3.05) is 12.4 Å². The maximum atomic E-state index is 13.1.